The van der Waals surface area contributed by atoms with E-state index in [9.17, 15) is 0 Å². The molecule has 0 amide bonds. The monoisotopic (exact) mass is 220 g/mol. The van der Waals surface area contributed by atoms with Gasteiger partial charge in [-0.3, -0.25) is 0 Å². The van der Waals surface area contributed by atoms with Gasteiger partial charge in [-0.15, -0.1) is 0 Å². The molecule has 2 aliphatic carbocycles. The first-order valence-electron chi connectivity index (χ1n) is 6.87. The summed E-state index contributed by atoms with van der Waals surface area (Å²) in [5.41, 5.74) is 3.89. The standard InChI is InChI=1S/C15H24O/c1-10-5-6-12-11(2)7-8-15(9-13(10)12)14(3,4)16-15/h10-11H,5-9H2,1-4H3. The molecule has 1 heteroatoms. The molecule has 3 unspecified atom stereocenters. The highest BCUT2D eigenvalue weighted by molar-refractivity contribution is 5.31. The van der Waals surface area contributed by atoms with Crippen LogP contribution in [0.25, 0.3) is 0 Å². The van der Waals surface area contributed by atoms with Gasteiger partial charge in [-0.05, 0) is 51.4 Å². The normalized spacial score (nSPS) is 45.8. The van der Waals surface area contributed by atoms with Crippen LogP contribution in [-0.4, -0.2) is 11.2 Å². The van der Waals surface area contributed by atoms with Gasteiger partial charge in [0, 0.05) is 6.42 Å². The Hall–Kier alpha value is -0.300. The third kappa shape index (κ3) is 1.33. The molecule has 0 aromatic heterocycles. The molecule has 1 saturated heterocycles. The van der Waals surface area contributed by atoms with E-state index in [1.165, 1.54) is 32.1 Å². The van der Waals surface area contributed by atoms with Gasteiger partial charge in [0.2, 0.25) is 0 Å². The quantitative estimate of drug-likeness (QED) is 0.442. The summed E-state index contributed by atoms with van der Waals surface area (Å²) in [4.78, 5) is 0. The minimum absolute atomic E-state index is 0.136. The van der Waals surface area contributed by atoms with Crippen molar-refractivity contribution in [3.63, 3.8) is 0 Å². The fourth-order valence-corrected chi connectivity index (χ4v) is 3.96. The minimum Gasteiger partial charge on any atom is -0.363 e. The Bertz CT molecular complexity index is 352. The molecule has 1 fully saturated rings. The van der Waals surface area contributed by atoms with Crippen molar-refractivity contribution in [1.29, 1.82) is 0 Å². The molecule has 0 saturated carbocycles. The Morgan fingerprint density at radius 1 is 1.06 bits per heavy atom. The molecule has 3 aliphatic rings. The summed E-state index contributed by atoms with van der Waals surface area (Å²) < 4.78 is 6.08. The zero-order valence-corrected chi connectivity index (χ0v) is 11.1. The summed E-state index contributed by atoms with van der Waals surface area (Å²) in [6, 6.07) is 0. The van der Waals surface area contributed by atoms with Gasteiger partial charge in [0.05, 0.1) is 5.60 Å². The Morgan fingerprint density at radius 3 is 2.31 bits per heavy atom. The zero-order chi connectivity index (χ0) is 11.6. The molecular weight excluding hydrogens is 196 g/mol. The maximum absolute atomic E-state index is 6.08. The second-order valence-corrected chi connectivity index (χ2v) is 6.71. The van der Waals surface area contributed by atoms with Crippen LogP contribution in [0.15, 0.2) is 11.1 Å². The lowest BCUT2D eigenvalue weighted by molar-refractivity contribution is 0.257. The molecule has 90 valence electrons. The van der Waals surface area contributed by atoms with Gasteiger partial charge in [-0.2, -0.15) is 0 Å². The average Bonchev–Trinajstić information content (AvgIpc) is 2.61. The molecule has 3 rings (SSSR count). The van der Waals surface area contributed by atoms with Crippen molar-refractivity contribution in [2.45, 2.75) is 71.0 Å². The lowest BCUT2D eigenvalue weighted by Gasteiger charge is -2.16. The number of ether oxygens (including phenoxy) is 1. The van der Waals surface area contributed by atoms with Crippen molar-refractivity contribution in [3.8, 4) is 0 Å². The highest BCUT2D eigenvalue weighted by atomic mass is 16.6. The van der Waals surface area contributed by atoms with E-state index in [2.05, 4.69) is 27.7 Å². The van der Waals surface area contributed by atoms with Crippen molar-refractivity contribution in [3.05, 3.63) is 11.1 Å². The summed E-state index contributed by atoms with van der Waals surface area (Å²) in [7, 11) is 0. The summed E-state index contributed by atoms with van der Waals surface area (Å²) >= 11 is 0. The second-order valence-electron chi connectivity index (χ2n) is 6.71. The van der Waals surface area contributed by atoms with E-state index < -0.39 is 0 Å². The predicted octanol–water partition coefficient (Wildman–Crippen LogP) is 4.08. The van der Waals surface area contributed by atoms with Crippen molar-refractivity contribution in [2.24, 2.45) is 11.8 Å². The van der Waals surface area contributed by atoms with Crippen LogP contribution in [0.1, 0.15) is 59.8 Å². The molecule has 16 heavy (non-hydrogen) atoms. The molecule has 1 heterocycles. The largest absolute Gasteiger partial charge is 0.363 e. The fraction of sp³-hybridized carbons (Fsp3) is 0.867. The van der Waals surface area contributed by atoms with Crippen LogP contribution >= 0.6 is 0 Å². The van der Waals surface area contributed by atoms with Crippen molar-refractivity contribution in [1.82, 2.24) is 0 Å². The first-order valence-corrected chi connectivity index (χ1v) is 6.87. The maximum Gasteiger partial charge on any atom is 0.101 e. The third-order valence-corrected chi connectivity index (χ3v) is 5.41. The molecule has 3 atom stereocenters. The van der Waals surface area contributed by atoms with Gasteiger partial charge < -0.3 is 4.74 Å². The van der Waals surface area contributed by atoms with Gasteiger partial charge in [0.1, 0.15) is 5.60 Å². The number of hydrogen-bond acceptors (Lipinski definition) is 1. The Morgan fingerprint density at radius 2 is 1.69 bits per heavy atom. The average molecular weight is 220 g/mol. The molecule has 1 aliphatic heterocycles. The van der Waals surface area contributed by atoms with E-state index in [0.29, 0.717) is 0 Å². The van der Waals surface area contributed by atoms with Crippen LogP contribution in [0.3, 0.4) is 0 Å². The zero-order valence-electron chi connectivity index (χ0n) is 11.1. The van der Waals surface area contributed by atoms with E-state index in [1.807, 2.05) is 0 Å². The van der Waals surface area contributed by atoms with Gasteiger partial charge in [0.25, 0.3) is 0 Å². The first kappa shape index (κ1) is 10.8. The fourth-order valence-electron chi connectivity index (χ4n) is 3.96. The van der Waals surface area contributed by atoms with Crippen molar-refractivity contribution < 1.29 is 4.74 Å². The molecule has 1 nitrogen and oxygen atoms in total. The number of epoxide rings is 1. The lowest BCUT2D eigenvalue weighted by atomic mass is 9.84. The van der Waals surface area contributed by atoms with Gasteiger partial charge in [-0.1, -0.05) is 25.0 Å². The SMILES string of the molecule is CC1CCC2(CC3=C1CCC3C)OC2(C)C. The lowest BCUT2D eigenvalue weighted by Crippen LogP contribution is -2.21. The van der Waals surface area contributed by atoms with Gasteiger partial charge in [-0.25, -0.2) is 0 Å². The summed E-state index contributed by atoms with van der Waals surface area (Å²) in [5.74, 6) is 1.62. The Balaban J connectivity index is 1.93. The summed E-state index contributed by atoms with van der Waals surface area (Å²) in [6.45, 7) is 9.36. The van der Waals surface area contributed by atoms with E-state index >= 15 is 0 Å². The Kier molecular flexibility index (Phi) is 2.12. The van der Waals surface area contributed by atoms with Crippen molar-refractivity contribution >= 4 is 0 Å². The van der Waals surface area contributed by atoms with Crippen LogP contribution in [0.5, 0.6) is 0 Å². The van der Waals surface area contributed by atoms with Crippen LogP contribution in [-0.2, 0) is 4.74 Å². The smallest absolute Gasteiger partial charge is 0.101 e. The summed E-state index contributed by atoms with van der Waals surface area (Å²) in [6.07, 6.45) is 6.55. The van der Waals surface area contributed by atoms with Crippen LogP contribution in [0, 0.1) is 11.8 Å². The topological polar surface area (TPSA) is 12.5 Å². The van der Waals surface area contributed by atoms with E-state index in [1.54, 1.807) is 11.1 Å². The van der Waals surface area contributed by atoms with Gasteiger partial charge in [0.15, 0.2) is 0 Å². The van der Waals surface area contributed by atoms with Gasteiger partial charge >= 0.3 is 0 Å². The van der Waals surface area contributed by atoms with Crippen LogP contribution < -0.4 is 0 Å². The molecule has 1 spiro atoms. The maximum atomic E-state index is 6.08. The first-order chi connectivity index (χ1) is 7.45. The minimum atomic E-state index is 0.136. The highest BCUT2D eigenvalue weighted by Gasteiger charge is 2.64. The third-order valence-electron chi connectivity index (χ3n) is 5.41. The van der Waals surface area contributed by atoms with Crippen molar-refractivity contribution in [2.75, 3.05) is 0 Å². The van der Waals surface area contributed by atoms with E-state index in [4.69, 9.17) is 4.74 Å². The second kappa shape index (κ2) is 3.13. The van der Waals surface area contributed by atoms with Crippen LogP contribution in [0.4, 0.5) is 0 Å². The number of allylic oxidation sites excluding steroid dienone is 1. The molecular formula is C15H24O. The summed E-state index contributed by atoms with van der Waals surface area (Å²) in [5, 5.41) is 0. The molecule has 0 N–H and O–H groups in total. The van der Waals surface area contributed by atoms with Crippen LogP contribution in [0.2, 0.25) is 0 Å². The Labute approximate surface area is 99.3 Å². The number of hydrogen-bond donors (Lipinski definition) is 0. The molecule has 0 radical (unpaired) electrons. The highest BCUT2D eigenvalue weighted by Crippen LogP contribution is 2.59. The predicted molar refractivity (Wildman–Crippen MR) is 66.3 cm³/mol. The molecule has 0 aromatic rings. The molecule has 0 aromatic carbocycles. The number of rotatable bonds is 0. The molecule has 0 bridgehead atoms. The van der Waals surface area contributed by atoms with E-state index in [0.717, 1.165) is 11.8 Å². The van der Waals surface area contributed by atoms with E-state index in [-0.39, 0.29) is 11.2 Å².